The molecule has 23 heavy (non-hydrogen) atoms. The van der Waals surface area contributed by atoms with Gasteiger partial charge in [-0.3, -0.25) is 4.90 Å². The number of benzene rings is 1. The standard InChI is InChI=1S/C17H23N3O2S/c1-2-16-11-19-8-4-7-17(19)12-20(16)23(21,22)13-15-6-3-5-14(9-15)10-18/h3,5-6,9,16-17H,2,4,7-8,11-13H2,1H3/t16-,17+/m0/s1. The Labute approximate surface area is 138 Å². The predicted octanol–water partition coefficient (Wildman–Crippen LogP) is 1.95. The first-order valence-corrected chi connectivity index (χ1v) is 9.87. The number of hydrogen-bond donors (Lipinski definition) is 0. The van der Waals surface area contributed by atoms with Crippen LogP contribution in [0.1, 0.15) is 37.3 Å². The summed E-state index contributed by atoms with van der Waals surface area (Å²) in [6.07, 6.45) is 3.09. The molecule has 0 aliphatic carbocycles. The number of sulfonamides is 1. The van der Waals surface area contributed by atoms with Gasteiger partial charge >= 0.3 is 0 Å². The van der Waals surface area contributed by atoms with Crippen LogP contribution in [0.2, 0.25) is 0 Å². The molecular formula is C17H23N3O2S. The molecule has 5 nitrogen and oxygen atoms in total. The molecule has 0 aromatic heterocycles. The van der Waals surface area contributed by atoms with Gasteiger partial charge in [0.15, 0.2) is 0 Å². The van der Waals surface area contributed by atoms with E-state index in [4.69, 9.17) is 5.26 Å². The number of nitrogens with zero attached hydrogens (tertiary/aromatic N) is 3. The Balaban J connectivity index is 1.81. The second-order valence-electron chi connectivity index (χ2n) is 6.49. The van der Waals surface area contributed by atoms with Gasteiger partial charge in [0.2, 0.25) is 10.0 Å². The molecule has 0 saturated carbocycles. The Hall–Kier alpha value is -1.42. The van der Waals surface area contributed by atoms with Crippen molar-refractivity contribution in [3.63, 3.8) is 0 Å². The van der Waals surface area contributed by atoms with E-state index < -0.39 is 10.0 Å². The lowest BCUT2D eigenvalue weighted by Crippen LogP contribution is -2.57. The summed E-state index contributed by atoms with van der Waals surface area (Å²) in [7, 11) is -3.36. The molecule has 1 aromatic carbocycles. The van der Waals surface area contributed by atoms with Gasteiger partial charge in [0.25, 0.3) is 0 Å². The van der Waals surface area contributed by atoms with Crippen LogP contribution in [0, 0.1) is 11.3 Å². The van der Waals surface area contributed by atoms with E-state index >= 15 is 0 Å². The smallest absolute Gasteiger partial charge is 0.218 e. The maximum Gasteiger partial charge on any atom is 0.218 e. The summed E-state index contributed by atoms with van der Waals surface area (Å²) >= 11 is 0. The van der Waals surface area contributed by atoms with Crippen LogP contribution in [-0.4, -0.2) is 49.3 Å². The molecular weight excluding hydrogens is 310 g/mol. The number of hydrogen-bond acceptors (Lipinski definition) is 4. The van der Waals surface area contributed by atoms with Crippen molar-refractivity contribution in [2.45, 2.75) is 44.0 Å². The molecule has 1 aromatic rings. The summed E-state index contributed by atoms with van der Waals surface area (Å²) in [4.78, 5) is 2.44. The van der Waals surface area contributed by atoms with Crippen molar-refractivity contribution < 1.29 is 8.42 Å². The highest BCUT2D eigenvalue weighted by atomic mass is 32.2. The lowest BCUT2D eigenvalue weighted by atomic mass is 10.1. The summed E-state index contributed by atoms with van der Waals surface area (Å²) in [5.74, 6) is -0.0221. The molecule has 3 rings (SSSR count). The summed E-state index contributed by atoms with van der Waals surface area (Å²) in [5, 5.41) is 8.98. The van der Waals surface area contributed by atoms with E-state index in [1.54, 1.807) is 28.6 Å². The summed E-state index contributed by atoms with van der Waals surface area (Å²) in [6.45, 7) is 4.61. The Morgan fingerprint density at radius 1 is 1.35 bits per heavy atom. The van der Waals surface area contributed by atoms with E-state index in [0.717, 1.165) is 25.9 Å². The zero-order valence-electron chi connectivity index (χ0n) is 13.5. The Kier molecular flexibility index (Phi) is 4.72. The lowest BCUT2D eigenvalue weighted by Gasteiger charge is -2.42. The molecule has 0 N–H and O–H groups in total. The van der Waals surface area contributed by atoms with E-state index in [-0.39, 0.29) is 11.8 Å². The van der Waals surface area contributed by atoms with Crippen LogP contribution in [-0.2, 0) is 15.8 Å². The summed E-state index contributed by atoms with van der Waals surface area (Å²) < 4.78 is 27.6. The minimum absolute atomic E-state index is 0.0221. The van der Waals surface area contributed by atoms with E-state index in [0.29, 0.717) is 23.7 Å². The van der Waals surface area contributed by atoms with Crippen LogP contribution in [0.25, 0.3) is 0 Å². The molecule has 2 fully saturated rings. The van der Waals surface area contributed by atoms with Crippen molar-refractivity contribution in [2.75, 3.05) is 19.6 Å². The van der Waals surface area contributed by atoms with Gasteiger partial charge < -0.3 is 0 Å². The number of nitriles is 1. The highest BCUT2D eigenvalue weighted by molar-refractivity contribution is 7.88. The number of rotatable bonds is 4. The molecule has 124 valence electrons. The Bertz CT molecular complexity index is 711. The summed E-state index contributed by atoms with van der Waals surface area (Å²) in [6, 6.07) is 9.40. The highest BCUT2D eigenvalue weighted by Gasteiger charge is 2.40. The largest absolute Gasteiger partial charge is 0.297 e. The SMILES string of the molecule is CC[C@H]1CN2CCC[C@@H]2CN1S(=O)(=O)Cc1cccc(C#N)c1. The second-order valence-corrected chi connectivity index (χ2v) is 8.41. The van der Waals surface area contributed by atoms with Crippen LogP contribution in [0.4, 0.5) is 0 Å². The molecule has 6 heteroatoms. The zero-order valence-corrected chi connectivity index (χ0v) is 14.3. The Morgan fingerprint density at radius 3 is 2.91 bits per heavy atom. The molecule has 0 bridgehead atoms. The topological polar surface area (TPSA) is 64.4 Å². The molecule has 0 radical (unpaired) electrons. The van der Waals surface area contributed by atoms with Gasteiger partial charge in [-0.25, -0.2) is 8.42 Å². The van der Waals surface area contributed by atoms with Crippen molar-refractivity contribution >= 4 is 10.0 Å². The minimum Gasteiger partial charge on any atom is -0.297 e. The first kappa shape index (κ1) is 16.4. The van der Waals surface area contributed by atoms with Crippen molar-refractivity contribution in [2.24, 2.45) is 0 Å². The quantitative estimate of drug-likeness (QED) is 0.845. The third-order valence-electron chi connectivity index (χ3n) is 4.98. The molecule has 2 atom stereocenters. The van der Waals surface area contributed by atoms with E-state index in [1.807, 2.05) is 0 Å². The predicted molar refractivity (Wildman–Crippen MR) is 89.2 cm³/mol. The molecule has 2 heterocycles. The fourth-order valence-corrected chi connectivity index (χ4v) is 5.59. The average molecular weight is 333 g/mol. The summed E-state index contributed by atoms with van der Waals surface area (Å²) in [5.41, 5.74) is 1.19. The van der Waals surface area contributed by atoms with Crippen molar-refractivity contribution in [1.29, 1.82) is 5.26 Å². The van der Waals surface area contributed by atoms with Gasteiger partial charge in [-0.2, -0.15) is 9.57 Å². The van der Waals surface area contributed by atoms with Gasteiger partial charge in [-0.05, 0) is 43.5 Å². The van der Waals surface area contributed by atoms with Gasteiger partial charge in [0.05, 0.1) is 17.4 Å². The van der Waals surface area contributed by atoms with Crippen molar-refractivity contribution in [1.82, 2.24) is 9.21 Å². The molecule has 2 saturated heterocycles. The van der Waals surface area contributed by atoms with Crippen LogP contribution in [0.3, 0.4) is 0 Å². The fraction of sp³-hybridized carbons (Fsp3) is 0.588. The maximum absolute atomic E-state index is 12.9. The van der Waals surface area contributed by atoms with Gasteiger partial charge in [0, 0.05) is 25.2 Å². The molecule has 0 amide bonds. The van der Waals surface area contributed by atoms with E-state index in [2.05, 4.69) is 17.9 Å². The Morgan fingerprint density at radius 2 is 2.17 bits per heavy atom. The fourth-order valence-electron chi connectivity index (χ4n) is 3.76. The van der Waals surface area contributed by atoms with Crippen LogP contribution in [0.15, 0.2) is 24.3 Å². The lowest BCUT2D eigenvalue weighted by molar-refractivity contribution is 0.106. The van der Waals surface area contributed by atoms with Gasteiger partial charge in [-0.15, -0.1) is 0 Å². The average Bonchev–Trinajstić information content (AvgIpc) is 3.00. The first-order chi connectivity index (χ1) is 11.0. The zero-order chi connectivity index (χ0) is 16.4. The maximum atomic E-state index is 12.9. The molecule has 2 aliphatic heterocycles. The molecule has 2 aliphatic rings. The number of fused-ring (bicyclic) bond motifs is 1. The van der Waals surface area contributed by atoms with Crippen molar-refractivity contribution in [3.05, 3.63) is 35.4 Å². The first-order valence-electron chi connectivity index (χ1n) is 8.26. The van der Waals surface area contributed by atoms with E-state index in [1.165, 1.54) is 6.42 Å². The third kappa shape index (κ3) is 3.42. The van der Waals surface area contributed by atoms with Crippen LogP contribution >= 0.6 is 0 Å². The van der Waals surface area contributed by atoms with E-state index in [9.17, 15) is 8.42 Å². The third-order valence-corrected chi connectivity index (χ3v) is 6.84. The van der Waals surface area contributed by atoms with Gasteiger partial charge in [-0.1, -0.05) is 19.1 Å². The van der Waals surface area contributed by atoms with Crippen molar-refractivity contribution in [3.8, 4) is 6.07 Å². The van der Waals surface area contributed by atoms with Crippen LogP contribution < -0.4 is 0 Å². The second kappa shape index (κ2) is 6.60. The molecule has 0 unspecified atom stereocenters. The number of piperazine rings is 1. The highest BCUT2D eigenvalue weighted by Crippen LogP contribution is 2.28. The minimum atomic E-state index is -3.36. The monoisotopic (exact) mass is 333 g/mol. The molecule has 0 spiro atoms. The van der Waals surface area contributed by atoms with Gasteiger partial charge in [0.1, 0.15) is 0 Å². The normalized spacial score (nSPS) is 25.9. The van der Waals surface area contributed by atoms with Crippen LogP contribution in [0.5, 0.6) is 0 Å².